The van der Waals surface area contributed by atoms with Gasteiger partial charge in [-0.25, -0.2) is 4.79 Å². The minimum absolute atomic E-state index is 0.00572. The molecule has 1 heterocycles. The molecule has 0 aromatic heterocycles. The zero-order chi connectivity index (χ0) is 21.0. The predicted molar refractivity (Wildman–Crippen MR) is 107 cm³/mol. The summed E-state index contributed by atoms with van der Waals surface area (Å²) in [5, 5.41) is 13.5. The van der Waals surface area contributed by atoms with Crippen LogP contribution in [0.25, 0.3) is 0 Å². The molecule has 2 aliphatic rings. The number of ether oxygens (including phenoxy) is 3. The Labute approximate surface area is 170 Å². The minimum Gasteiger partial charge on any atom is -0.504 e. The van der Waals surface area contributed by atoms with Crippen molar-refractivity contribution in [1.82, 2.24) is 5.32 Å². The fraction of sp³-hybridized carbons (Fsp3) is 0.455. The maximum atomic E-state index is 12.9. The second-order valence-electron chi connectivity index (χ2n) is 7.03. The van der Waals surface area contributed by atoms with Gasteiger partial charge in [-0.1, -0.05) is 6.07 Å². The number of hydrogen-bond acceptors (Lipinski definition) is 7. The Morgan fingerprint density at radius 3 is 2.76 bits per heavy atom. The molecule has 29 heavy (non-hydrogen) atoms. The molecule has 7 nitrogen and oxygen atoms in total. The van der Waals surface area contributed by atoms with E-state index in [4.69, 9.17) is 14.2 Å². The van der Waals surface area contributed by atoms with Gasteiger partial charge in [0.2, 0.25) is 0 Å². The van der Waals surface area contributed by atoms with Crippen molar-refractivity contribution in [2.75, 3.05) is 26.9 Å². The van der Waals surface area contributed by atoms with Crippen molar-refractivity contribution in [2.24, 2.45) is 0 Å². The van der Waals surface area contributed by atoms with E-state index < -0.39 is 11.9 Å². The molecule has 1 atom stereocenters. The highest BCUT2D eigenvalue weighted by atomic mass is 16.6. The first-order valence-corrected chi connectivity index (χ1v) is 9.83. The highest BCUT2D eigenvalue weighted by Crippen LogP contribution is 2.44. The highest BCUT2D eigenvalue weighted by Gasteiger charge is 2.39. The number of phenolic OH excluding ortho intramolecular Hbond substituents is 1. The average molecular weight is 401 g/mol. The van der Waals surface area contributed by atoms with Crippen molar-refractivity contribution < 1.29 is 28.9 Å². The van der Waals surface area contributed by atoms with Crippen LogP contribution < -0.4 is 10.1 Å². The first-order chi connectivity index (χ1) is 14.0. The molecule has 1 aliphatic heterocycles. The third kappa shape index (κ3) is 4.29. The molecule has 0 fully saturated rings. The lowest BCUT2D eigenvalue weighted by molar-refractivity contribution is -0.140. The summed E-state index contributed by atoms with van der Waals surface area (Å²) < 4.78 is 15.8. The molecule has 1 aromatic rings. The summed E-state index contributed by atoms with van der Waals surface area (Å²) in [6.45, 7) is 4.65. The Morgan fingerprint density at radius 2 is 2.07 bits per heavy atom. The van der Waals surface area contributed by atoms with E-state index in [2.05, 4.69) is 5.32 Å². The smallest absolute Gasteiger partial charge is 0.336 e. The van der Waals surface area contributed by atoms with Gasteiger partial charge in [-0.05, 0) is 44.4 Å². The largest absolute Gasteiger partial charge is 0.504 e. The Morgan fingerprint density at radius 1 is 1.28 bits per heavy atom. The Hall–Kier alpha value is -2.80. The minimum atomic E-state index is -0.601. The van der Waals surface area contributed by atoms with Crippen LogP contribution in [0.2, 0.25) is 0 Å². The molecule has 0 saturated carbocycles. The molecule has 156 valence electrons. The van der Waals surface area contributed by atoms with E-state index in [1.807, 2.05) is 6.92 Å². The van der Waals surface area contributed by atoms with E-state index in [0.717, 1.165) is 18.5 Å². The predicted octanol–water partition coefficient (Wildman–Crippen LogP) is 2.95. The molecule has 0 saturated heterocycles. The highest BCUT2D eigenvalue weighted by molar-refractivity contribution is 6.03. The summed E-state index contributed by atoms with van der Waals surface area (Å²) in [4.78, 5) is 25.8. The molecule has 1 aliphatic carbocycles. The maximum absolute atomic E-state index is 12.9. The normalized spacial score (nSPS) is 19.0. The summed E-state index contributed by atoms with van der Waals surface area (Å²) in [5.74, 6) is -0.814. The third-order valence-corrected chi connectivity index (χ3v) is 5.20. The van der Waals surface area contributed by atoms with E-state index in [-0.39, 0.29) is 18.1 Å². The molecule has 3 rings (SSSR count). The van der Waals surface area contributed by atoms with Crippen LogP contribution in [0.1, 0.15) is 44.6 Å². The number of Topliss-reactive ketones (excluding diaryl/α,β-unsaturated/α-hetero) is 1. The van der Waals surface area contributed by atoms with Crippen molar-refractivity contribution in [3.63, 3.8) is 0 Å². The van der Waals surface area contributed by atoms with Gasteiger partial charge in [-0.3, -0.25) is 4.79 Å². The van der Waals surface area contributed by atoms with Crippen LogP contribution in [0, 0.1) is 0 Å². The van der Waals surface area contributed by atoms with Gasteiger partial charge in [-0.15, -0.1) is 0 Å². The molecule has 0 unspecified atom stereocenters. The Bertz CT molecular complexity index is 870. The van der Waals surface area contributed by atoms with Gasteiger partial charge in [0, 0.05) is 35.9 Å². The molecule has 0 radical (unpaired) electrons. The number of esters is 1. The van der Waals surface area contributed by atoms with Crippen LogP contribution in [-0.2, 0) is 19.1 Å². The zero-order valence-electron chi connectivity index (χ0n) is 17.0. The van der Waals surface area contributed by atoms with Crippen molar-refractivity contribution in [2.45, 2.75) is 39.0 Å². The van der Waals surface area contributed by atoms with Gasteiger partial charge in [0.15, 0.2) is 17.3 Å². The number of aromatic hydroxyl groups is 1. The zero-order valence-corrected chi connectivity index (χ0v) is 17.0. The SMILES string of the molecule is CCOCCOC(=O)C1=C(C)NC2=C(C(=O)CCC2)[C@@H]1c1ccc(OC)c(O)c1. The summed E-state index contributed by atoms with van der Waals surface area (Å²) in [7, 11) is 1.47. The van der Waals surface area contributed by atoms with Gasteiger partial charge in [-0.2, -0.15) is 0 Å². The lowest BCUT2D eigenvalue weighted by Crippen LogP contribution is -2.34. The first-order valence-electron chi connectivity index (χ1n) is 9.83. The van der Waals surface area contributed by atoms with Gasteiger partial charge < -0.3 is 24.6 Å². The molecule has 0 spiro atoms. The fourth-order valence-corrected chi connectivity index (χ4v) is 3.89. The standard InChI is InChI=1S/C22H27NO6/c1-4-28-10-11-29-22(26)19-13(2)23-15-6-5-7-16(24)21(15)20(19)14-8-9-18(27-3)17(25)12-14/h8-9,12,20,23,25H,4-7,10-11H2,1-3H3/t20-/m1/s1. The number of carbonyl (C=O) groups excluding carboxylic acids is 2. The number of rotatable bonds is 7. The van der Waals surface area contributed by atoms with Gasteiger partial charge in [0.05, 0.1) is 19.3 Å². The van der Waals surface area contributed by atoms with E-state index in [1.54, 1.807) is 25.1 Å². The summed E-state index contributed by atoms with van der Waals surface area (Å²) >= 11 is 0. The van der Waals surface area contributed by atoms with Crippen molar-refractivity contribution in [3.05, 3.63) is 46.3 Å². The number of dihydropyridines is 1. The van der Waals surface area contributed by atoms with Crippen LogP contribution in [0.15, 0.2) is 40.7 Å². The monoisotopic (exact) mass is 401 g/mol. The fourth-order valence-electron chi connectivity index (χ4n) is 3.89. The molecule has 0 amide bonds. The molecule has 0 bridgehead atoms. The number of methoxy groups -OCH3 is 1. The van der Waals surface area contributed by atoms with Gasteiger partial charge in [0.25, 0.3) is 0 Å². The van der Waals surface area contributed by atoms with Crippen molar-refractivity contribution in [3.8, 4) is 11.5 Å². The van der Waals surface area contributed by atoms with E-state index >= 15 is 0 Å². The maximum Gasteiger partial charge on any atom is 0.336 e. The lowest BCUT2D eigenvalue weighted by Gasteiger charge is -2.34. The van der Waals surface area contributed by atoms with Crippen LogP contribution in [-0.4, -0.2) is 43.8 Å². The molecule has 7 heteroatoms. The summed E-state index contributed by atoms with van der Waals surface area (Å²) in [5.41, 5.74) is 3.08. The number of phenols is 1. The van der Waals surface area contributed by atoms with Crippen molar-refractivity contribution in [1.29, 1.82) is 0 Å². The van der Waals surface area contributed by atoms with Crippen molar-refractivity contribution >= 4 is 11.8 Å². The van der Waals surface area contributed by atoms with Crippen LogP contribution in [0.3, 0.4) is 0 Å². The number of hydrogen-bond donors (Lipinski definition) is 2. The lowest BCUT2D eigenvalue weighted by atomic mass is 9.75. The van der Waals surface area contributed by atoms with Crippen LogP contribution in [0.4, 0.5) is 0 Å². The molecular weight excluding hydrogens is 374 g/mol. The Balaban J connectivity index is 2.02. The Kier molecular flexibility index (Phi) is 6.59. The number of carbonyl (C=O) groups is 2. The van der Waals surface area contributed by atoms with Gasteiger partial charge >= 0.3 is 5.97 Å². The van der Waals surface area contributed by atoms with Gasteiger partial charge in [0.1, 0.15) is 6.61 Å². The molecular formula is C22H27NO6. The molecule has 2 N–H and O–H groups in total. The van der Waals surface area contributed by atoms with Crippen LogP contribution in [0.5, 0.6) is 11.5 Å². The topological polar surface area (TPSA) is 94.1 Å². The van der Waals surface area contributed by atoms with E-state index in [0.29, 0.717) is 47.8 Å². The van der Waals surface area contributed by atoms with E-state index in [1.165, 1.54) is 7.11 Å². The number of ketones is 1. The number of allylic oxidation sites excluding steroid dienone is 3. The second-order valence-corrected chi connectivity index (χ2v) is 7.03. The average Bonchev–Trinajstić information content (AvgIpc) is 2.70. The summed E-state index contributed by atoms with van der Waals surface area (Å²) in [6.07, 6.45) is 1.95. The summed E-state index contributed by atoms with van der Waals surface area (Å²) in [6, 6.07) is 4.94. The first kappa shape index (κ1) is 20.9. The van der Waals surface area contributed by atoms with E-state index in [9.17, 15) is 14.7 Å². The quantitative estimate of drug-likeness (QED) is 0.536. The number of benzene rings is 1. The molecule has 1 aromatic carbocycles. The van der Waals surface area contributed by atoms with Crippen LogP contribution >= 0.6 is 0 Å². The third-order valence-electron chi connectivity index (χ3n) is 5.20. The number of nitrogens with one attached hydrogen (secondary N) is 1. The second kappa shape index (κ2) is 9.13.